The molecule has 0 amide bonds. The summed E-state index contributed by atoms with van der Waals surface area (Å²) in [5, 5.41) is 3.45. The first-order valence-electron chi connectivity index (χ1n) is 4.23. The van der Waals surface area contributed by atoms with E-state index in [2.05, 4.69) is 15.0 Å². The van der Waals surface area contributed by atoms with E-state index in [-0.39, 0.29) is 0 Å². The number of hydrogen-bond donors (Lipinski definition) is 0. The second-order valence-electron chi connectivity index (χ2n) is 2.90. The molecule has 0 saturated carbocycles. The van der Waals surface area contributed by atoms with Gasteiger partial charge in [-0.2, -0.15) is 0 Å². The molecule has 74 valence electrons. The molecule has 6 heteroatoms. The Hall–Kier alpha value is -1.46. The average molecular weight is 237 g/mol. The predicted octanol–water partition coefficient (Wildman–Crippen LogP) is 2.53. The van der Waals surface area contributed by atoms with Crippen molar-refractivity contribution in [1.29, 1.82) is 0 Å². The molecule has 0 aliphatic carbocycles. The summed E-state index contributed by atoms with van der Waals surface area (Å²) in [5.41, 5.74) is 1.37. The van der Waals surface area contributed by atoms with Crippen molar-refractivity contribution in [2.45, 2.75) is 0 Å². The van der Waals surface area contributed by atoms with Crippen LogP contribution in [0.1, 0.15) is 0 Å². The van der Waals surface area contributed by atoms with Gasteiger partial charge in [0, 0.05) is 0 Å². The molecule has 0 N–H and O–H groups in total. The van der Waals surface area contributed by atoms with Gasteiger partial charge in [-0.1, -0.05) is 11.6 Å². The second-order valence-corrected chi connectivity index (χ2v) is 4.19. The highest BCUT2D eigenvalue weighted by molar-refractivity contribution is 7.12. The van der Waals surface area contributed by atoms with Crippen LogP contribution < -0.4 is 0 Å². The van der Waals surface area contributed by atoms with E-state index in [1.807, 2.05) is 22.1 Å². The van der Waals surface area contributed by atoms with Gasteiger partial charge < -0.3 is 0 Å². The Morgan fingerprint density at radius 2 is 2.20 bits per heavy atom. The first-order valence-corrected chi connectivity index (χ1v) is 5.49. The third-order valence-corrected chi connectivity index (χ3v) is 3.18. The van der Waals surface area contributed by atoms with Gasteiger partial charge in [0.15, 0.2) is 10.8 Å². The van der Waals surface area contributed by atoms with E-state index in [0.29, 0.717) is 10.7 Å². The molecule has 0 aliphatic rings. The lowest BCUT2D eigenvalue weighted by Gasteiger charge is -1.97. The number of imidazole rings is 1. The van der Waals surface area contributed by atoms with Crippen molar-refractivity contribution in [3.63, 3.8) is 0 Å². The van der Waals surface area contributed by atoms with Gasteiger partial charge in [0.2, 0.25) is 0 Å². The van der Waals surface area contributed by atoms with Gasteiger partial charge in [-0.3, -0.25) is 4.57 Å². The Morgan fingerprint density at radius 3 is 3.00 bits per heavy atom. The molecular formula is C9H5ClN4S. The molecule has 0 spiro atoms. The van der Waals surface area contributed by atoms with Crippen molar-refractivity contribution in [2.24, 2.45) is 0 Å². The summed E-state index contributed by atoms with van der Waals surface area (Å²) in [6.07, 6.45) is 3.15. The molecule has 0 saturated heterocycles. The van der Waals surface area contributed by atoms with Crippen molar-refractivity contribution < 1.29 is 0 Å². The van der Waals surface area contributed by atoms with Crippen molar-refractivity contribution in [3.8, 4) is 5.00 Å². The Labute approximate surface area is 94.2 Å². The zero-order valence-corrected chi connectivity index (χ0v) is 9.03. The molecule has 0 bridgehead atoms. The van der Waals surface area contributed by atoms with E-state index >= 15 is 0 Å². The minimum Gasteiger partial charge on any atom is -0.274 e. The van der Waals surface area contributed by atoms with Crippen molar-refractivity contribution >= 4 is 34.1 Å². The number of nitrogens with zero attached hydrogens (tertiary/aromatic N) is 4. The maximum absolute atomic E-state index is 5.91. The van der Waals surface area contributed by atoms with Crippen LogP contribution in [0.5, 0.6) is 0 Å². The largest absolute Gasteiger partial charge is 0.274 e. The van der Waals surface area contributed by atoms with Gasteiger partial charge in [-0.05, 0) is 17.5 Å². The number of aromatic nitrogens is 4. The number of rotatable bonds is 1. The van der Waals surface area contributed by atoms with Crippen LogP contribution in [0.4, 0.5) is 0 Å². The number of fused-ring (bicyclic) bond motifs is 1. The van der Waals surface area contributed by atoms with E-state index < -0.39 is 0 Å². The number of hydrogen-bond acceptors (Lipinski definition) is 4. The standard InChI is InChI=1S/C9H5ClN4S/c10-8-7-9(12-4-11-8)14(5-13-7)6-2-1-3-15-6/h1-5H. The SMILES string of the molecule is Clc1ncnc2c1ncn2-c1cccs1. The van der Waals surface area contributed by atoms with E-state index in [1.54, 1.807) is 17.7 Å². The topological polar surface area (TPSA) is 43.6 Å². The quantitative estimate of drug-likeness (QED) is 0.610. The molecular weight excluding hydrogens is 232 g/mol. The van der Waals surface area contributed by atoms with Crippen LogP contribution in [0.2, 0.25) is 5.15 Å². The van der Waals surface area contributed by atoms with Crippen LogP contribution >= 0.6 is 22.9 Å². The summed E-state index contributed by atoms with van der Waals surface area (Å²) < 4.78 is 1.90. The molecule has 0 aromatic carbocycles. The molecule has 0 fully saturated rings. The predicted molar refractivity (Wildman–Crippen MR) is 59.5 cm³/mol. The van der Waals surface area contributed by atoms with Gasteiger partial charge in [0.05, 0.1) is 0 Å². The van der Waals surface area contributed by atoms with E-state index in [9.17, 15) is 0 Å². The normalized spacial score (nSPS) is 11.0. The van der Waals surface area contributed by atoms with Crippen molar-refractivity contribution in [1.82, 2.24) is 19.5 Å². The first kappa shape index (κ1) is 8.82. The molecule has 4 nitrogen and oxygen atoms in total. The summed E-state index contributed by atoms with van der Waals surface area (Å²) in [6, 6.07) is 3.98. The molecule has 3 aromatic heterocycles. The summed E-state index contributed by atoms with van der Waals surface area (Å²) in [7, 11) is 0. The van der Waals surface area contributed by atoms with Gasteiger partial charge >= 0.3 is 0 Å². The molecule has 3 aromatic rings. The molecule has 15 heavy (non-hydrogen) atoms. The summed E-state index contributed by atoms with van der Waals surface area (Å²) in [4.78, 5) is 12.2. The molecule has 0 atom stereocenters. The lowest BCUT2D eigenvalue weighted by atomic mass is 10.5. The fraction of sp³-hybridized carbons (Fsp3) is 0. The van der Waals surface area contributed by atoms with Crippen LogP contribution in [0.3, 0.4) is 0 Å². The molecule has 0 unspecified atom stereocenters. The molecule has 0 radical (unpaired) electrons. The van der Waals surface area contributed by atoms with Crippen molar-refractivity contribution in [3.05, 3.63) is 35.3 Å². The lowest BCUT2D eigenvalue weighted by Crippen LogP contribution is -1.90. The molecule has 3 heterocycles. The van der Waals surface area contributed by atoms with E-state index in [0.717, 1.165) is 10.6 Å². The van der Waals surface area contributed by atoms with Crippen LogP contribution in [0.15, 0.2) is 30.2 Å². The first-order chi connectivity index (χ1) is 7.36. The van der Waals surface area contributed by atoms with Gasteiger partial charge in [-0.15, -0.1) is 11.3 Å². The summed E-state index contributed by atoms with van der Waals surface area (Å²) in [5.74, 6) is 0. The maximum Gasteiger partial charge on any atom is 0.170 e. The third kappa shape index (κ3) is 1.32. The lowest BCUT2D eigenvalue weighted by molar-refractivity contribution is 1.08. The van der Waals surface area contributed by atoms with Crippen LogP contribution in [0, 0.1) is 0 Å². The molecule has 3 rings (SSSR count). The minimum atomic E-state index is 0.385. The summed E-state index contributed by atoms with van der Waals surface area (Å²) in [6.45, 7) is 0. The average Bonchev–Trinajstić information content (AvgIpc) is 2.85. The maximum atomic E-state index is 5.91. The minimum absolute atomic E-state index is 0.385. The van der Waals surface area contributed by atoms with Crippen molar-refractivity contribution in [2.75, 3.05) is 0 Å². The second kappa shape index (κ2) is 3.29. The van der Waals surface area contributed by atoms with Crippen LogP contribution in [0.25, 0.3) is 16.2 Å². The Bertz CT molecular complexity index is 602. The van der Waals surface area contributed by atoms with Gasteiger partial charge in [0.25, 0.3) is 0 Å². The smallest absolute Gasteiger partial charge is 0.170 e. The number of thiophene rings is 1. The highest BCUT2D eigenvalue weighted by Crippen LogP contribution is 2.22. The third-order valence-electron chi connectivity index (χ3n) is 2.03. The summed E-state index contributed by atoms with van der Waals surface area (Å²) >= 11 is 7.53. The fourth-order valence-electron chi connectivity index (χ4n) is 1.37. The Balaban J connectivity index is 2.34. The monoisotopic (exact) mass is 236 g/mol. The zero-order chi connectivity index (χ0) is 10.3. The van der Waals surface area contributed by atoms with Gasteiger partial charge in [0.1, 0.15) is 23.2 Å². The van der Waals surface area contributed by atoms with Crippen LogP contribution in [-0.4, -0.2) is 19.5 Å². The fourth-order valence-corrected chi connectivity index (χ4v) is 2.25. The van der Waals surface area contributed by atoms with E-state index in [4.69, 9.17) is 11.6 Å². The molecule has 0 aliphatic heterocycles. The highest BCUT2D eigenvalue weighted by Gasteiger charge is 2.09. The van der Waals surface area contributed by atoms with Crippen LogP contribution in [-0.2, 0) is 0 Å². The van der Waals surface area contributed by atoms with Gasteiger partial charge in [-0.25, -0.2) is 15.0 Å². The Morgan fingerprint density at radius 1 is 1.27 bits per heavy atom. The Kier molecular flexibility index (Phi) is 1.93. The number of halogens is 1. The zero-order valence-electron chi connectivity index (χ0n) is 7.46. The highest BCUT2D eigenvalue weighted by atomic mass is 35.5. The van der Waals surface area contributed by atoms with E-state index in [1.165, 1.54) is 6.33 Å².